The molecule has 0 radical (unpaired) electrons. The van der Waals surface area contributed by atoms with Crippen molar-refractivity contribution in [3.05, 3.63) is 76.8 Å². The van der Waals surface area contributed by atoms with Gasteiger partial charge in [-0.1, -0.05) is 54.1 Å². The van der Waals surface area contributed by atoms with Gasteiger partial charge in [-0.25, -0.2) is 4.79 Å². The zero-order valence-corrected chi connectivity index (χ0v) is 15.2. The Morgan fingerprint density at radius 2 is 1.69 bits per heavy atom. The maximum atomic E-state index is 12.5. The maximum Gasteiger partial charge on any atom is 0.339 e. The Balaban J connectivity index is 1.74. The molecule has 3 rings (SSSR count). The van der Waals surface area contributed by atoms with Crippen LogP contribution < -0.4 is 5.32 Å². The lowest BCUT2D eigenvalue weighted by molar-refractivity contribution is -0.123. The quantitative estimate of drug-likeness (QED) is 0.661. The fourth-order valence-electron chi connectivity index (χ4n) is 2.66. The summed E-state index contributed by atoms with van der Waals surface area (Å²) in [4.78, 5) is 24.9. The van der Waals surface area contributed by atoms with Crippen molar-refractivity contribution >= 4 is 39.9 Å². The number of carbonyl (C=O) groups excluding carboxylic acids is 2. The van der Waals surface area contributed by atoms with Crippen LogP contribution in [0.15, 0.2) is 60.7 Å². The summed E-state index contributed by atoms with van der Waals surface area (Å²) in [5, 5.41) is 5.03. The second-order valence-corrected chi connectivity index (χ2v) is 6.38. The fourth-order valence-corrected chi connectivity index (χ4v) is 2.83. The monoisotopic (exact) mass is 367 g/mol. The number of hydrogen-bond acceptors (Lipinski definition) is 3. The van der Waals surface area contributed by atoms with Crippen LogP contribution in [-0.4, -0.2) is 18.0 Å². The van der Waals surface area contributed by atoms with Crippen LogP contribution in [0.2, 0.25) is 5.02 Å². The van der Waals surface area contributed by atoms with Crippen LogP contribution in [-0.2, 0) is 9.53 Å². The highest BCUT2D eigenvalue weighted by atomic mass is 35.5. The number of ether oxygens (including phenoxy) is 1. The van der Waals surface area contributed by atoms with Gasteiger partial charge in [-0.2, -0.15) is 0 Å². The SMILES string of the molecule is Cc1c(Cl)cccc1NC(=O)[C@@H](C)OC(=O)c1cccc2ccccc12. The van der Waals surface area contributed by atoms with E-state index in [4.69, 9.17) is 16.3 Å². The Morgan fingerprint density at radius 3 is 2.50 bits per heavy atom. The summed E-state index contributed by atoms with van der Waals surface area (Å²) in [6, 6.07) is 18.2. The molecule has 1 N–H and O–H groups in total. The van der Waals surface area contributed by atoms with Gasteiger partial charge in [-0.05, 0) is 48.4 Å². The molecule has 0 saturated heterocycles. The van der Waals surface area contributed by atoms with Gasteiger partial charge in [0, 0.05) is 10.7 Å². The summed E-state index contributed by atoms with van der Waals surface area (Å²) in [6.45, 7) is 3.35. The molecule has 0 aliphatic heterocycles. The Morgan fingerprint density at radius 1 is 1.00 bits per heavy atom. The molecular formula is C21H18ClNO3. The Kier molecular flexibility index (Phi) is 5.24. The van der Waals surface area contributed by atoms with E-state index in [1.807, 2.05) is 37.3 Å². The smallest absolute Gasteiger partial charge is 0.339 e. The van der Waals surface area contributed by atoms with Gasteiger partial charge in [0.15, 0.2) is 6.10 Å². The van der Waals surface area contributed by atoms with E-state index < -0.39 is 18.0 Å². The third kappa shape index (κ3) is 3.70. The molecule has 0 unspecified atom stereocenters. The third-order valence-electron chi connectivity index (χ3n) is 4.19. The van der Waals surface area contributed by atoms with E-state index in [0.29, 0.717) is 16.3 Å². The molecule has 0 saturated carbocycles. The average Bonchev–Trinajstić information content (AvgIpc) is 2.64. The Bertz CT molecular complexity index is 979. The van der Waals surface area contributed by atoms with Crippen molar-refractivity contribution in [2.24, 2.45) is 0 Å². The van der Waals surface area contributed by atoms with Crippen molar-refractivity contribution < 1.29 is 14.3 Å². The van der Waals surface area contributed by atoms with Gasteiger partial charge in [0.05, 0.1) is 5.56 Å². The molecule has 5 heteroatoms. The number of esters is 1. The molecule has 0 spiro atoms. The van der Waals surface area contributed by atoms with Crippen LogP contribution in [0.4, 0.5) is 5.69 Å². The van der Waals surface area contributed by atoms with E-state index in [9.17, 15) is 9.59 Å². The first-order chi connectivity index (χ1) is 12.5. The molecule has 0 aliphatic rings. The number of carbonyl (C=O) groups is 2. The van der Waals surface area contributed by atoms with Gasteiger partial charge in [0.25, 0.3) is 5.91 Å². The lowest BCUT2D eigenvalue weighted by Crippen LogP contribution is -2.30. The number of nitrogens with one attached hydrogen (secondary N) is 1. The molecule has 1 amide bonds. The van der Waals surface area contributed by atoms with E-state index in [1.54, 1.807) is 30.3 Å². The highest BCUT2D eigenvalue weighted by Crippen LogP contribution is 2.23. The maximum absolute atomic E-state index is 12.5. The fraction of sp³-hybridized carbons (Fsp3) is 0.143. The van der Waals surface area contributed by atoms with Gasteiger partial charge in [-0.3, -0.25) is 4.79 Å². The van der Waals surface area contributed by atoms with Gasteiger partial charge >= 0.3 is 5.97 Å². The largest absolute Gasteiger partial charge is 0.449 e. The van der Waals surface area contributed by atoms with Gasteiger partial charge < -0.3 is 10.1 Å². The first kappa shape index (κ1) is 18.0. The minimum Gasteiger partial charge on any atom is -0.449 e. The van der Waals surface area contributed by atoms with Crippen molar-refractivity contribution in [1.29, 1.82) is 0 Å². The number of amides is 1. The van der Waals surface area contributed by atoms with E-state index in [1.165, 1.54) is 6.92 Å². The van der Waals surface area contributed by atoms with Gasteiger partial charge in [-0.15, -0.1) is 0 Å². The van der Waals surface area contributed by atoms with Crippen LogP contribution in [0.3, 0.4) is 0 Å². The minimum absolute atomic E-state index is 0.413. The molecule has 132 valence electrons. The summed E-state index contributed by atoms with van der Waals surface area (Å²) < 4.78 is 5.36. The molecule has 0 heterocycles. The van der Waals surface area contributed by atoms with Gasteiger partial charge in [0.1, 0.15) is 0 Å². The average molecular weight is 368 g/mol. The van der Waals surface area contributed by atoms with Crippen LogP contribution in [0.25, 0.3) is 10.8 Å². The van der Waals surface area contributed by atoms with Crippen LogP contribution in [0.1, 0.15) is 22.8 Å². The predicted octanol–water partition coefficient (Wildman–Crippen LogP) is 4.99. The molecule has 0 aromatic heterocycles. The molecule has 3 aromatic carbocycles. The second-order valence-electron chi connectivity index (χ2n) is 5.98. The van der Waals surface area contributed by atoms with Crippen molar-refractivity contribution in [3.63, 3.8) is 0 Å². The Hall–Kier alpha value is -2.85. The minimum atomic E-state index is -0.945. The normalized spacial score (nSPS) is 11.8. The van der Waals surface area contributed by atoms with Crippen molar-refractivity contribution in [2.45, 2.75) is 20.0 Å². The first-order valence-electron chi connectivity index (χ1n) is 8.22. The molecule has 0 aliphatic carbocycles. The van der Waals surface area contributed by atoms with Crippen LogP contribution in [0, 0.1) is 6.92 Å². The van der Waals surface area contributed by atoms with Gasteiger partial charge in [0.2, 0.25) is 0 Å². The van der Waals surface area contributed by atoms with Crippen molar-refractivity contribution in [2.75, 3.05) is 5.32 Å². The summed E-state index contributed by atoms with van der Waals surface area (Å²) in [5.74, 6) is -0.948. The molecular weight excluding hydrogens is 350 g/mol. The first-order valence-corrected chi connectivity index (χ1v) is 8.60. The predicted molar refractivity (Wildman–Crippen MR) is 104 cm³/mol. The molecule has 1 atom stereocenters. The van der Waals surface area contributed by atoms with Crippen molar-refractivity contribution in [3.8, 4) is 0 Å². The zero-order valence-electron chi connectivity index (χ0n) is 14.5. The van der Waals surface area contributed by atoms with E-state index in [0.717, 1.165) is 16.3 Å². The zero-order chi connectivity index (χ0) is 18.7. The summed E-state index contributed by atoms with van der Waals surface area (Å²) in [5.41, 5.74) is 1.78. The highest BCUT2D eigenvalue weighted by Gasteiger charge is 2.21. The van der Waals surface area contributed by atoms with E-state index >= 15 is 0 Å². The molecule has 0 bridgehead atoms. The molecule has 4 nitrogen and oxygen atoms in total. The summed E-state index contributed by atoms with van der Waals surface area (Å²) in [7, 11) is 0. The number of fused-ring (bicyclic) bond motifs is 1. The highest BCUT2D eigenvalue weighted by molar-refractivity contribution is 6.31. The van der Waals surface area contributed by atoms with Crippen LogP contribution in [0.5, 0.6) is 0 Å². The lowest BCUT2D eigenvalue weighted by Gasteiger charge is -2.15. The Labute approximate surface area is 156 Å². The standard InChI is InChI=1S/C21H18ClNO3/c1-13-18(22)11-6-12-19(13)23-20(24)14(2)26-21(25)17-10-5-8-15-7-3-4-9-16(15)17/h3-12,14H,1-2H3,(H,23,24)/t14-/m1/s1. The number of hydrogen-bond donors (Lipinski definition) is 1. The topological polar surface area (TPSA) is 55.4 Å². The number of rotatable bonds is 4. The molecule has 26 heavy (non-hydrogen) atoms. The molecule has 0 fully saturated rings. The summed E-state index contributed by atoms with van der Waals surface area (Å²) >= 11 is 6.06. The van der Waals surface area contributed by atoms with E-state index in [-0.39, 0.29) is 0 Å². The van der Waals surface area contributed by atoms with E-state index in [2.05, 4.69) is 5.32 Å². The number of benzene rings is 3. The van der Waals surface area contributed by atoms with Crippen LogP contribution >= 0.6 is 11.6 Å². The lowest BCUT2D eigenvalue weighted by atomic mass is 10.0. The number of anilines is 1. The summed E-state index contributed by atoms with van der Waals surface area (Å²) in [6.07, 6.45) is -0.945. The number of halogens is 1. The second kappa shape index (κ2) is 7.58. The third-order valence-corrected chi connectivity index (χ3v) is 4.60. The van der Waals surface area contributed by atoms with Crippen molar-refractivity contribution in [1.82, 2.24) is 0 Å². The molecule has 3 aromatic rings.